The summed E-state index contributed by atoms with van der Waals surface area (Å²) in [5.74, 6) is -0.298. The van der Waals surface area contributed by atoms with Crippen molar-refractivity contribution >= 4 is 24.9 Å². The molecule has 0 spiro atoms. The predicted molar refractivity (Wildman–Crippen MR) is 128 cm³/mol. The van der Waals surface area contributed by atoms with E-state index in [-0.39, 0.29) is 5.75 Å². The van der Waals surface area contributed by atoms with E-state index in [1.54, 1.807) is 91.0 Å². The molecule has 0 fully saturated rings. The second-order valence-corrected chi connectivity index (χ2v) is 9.36. The number of phenolic OH excluding ortho intramolecular Hbond substituents is 1. The van der Waals surface area contributed by atoms with Crippen LogP contribution < -0.4 is 14.4 Å². The molecule has 0 aliphatic heterocycles. The molecular formula is C25H21ClNO4P. The van der Waals surface area contributed by atoms with Crippen molar-refractivity contribution in [3.63, 3.8) is 0 Å². The topological polar surface area (TPSA) is 67.8 Å². The van der Waals surface area contributed by atoms with Gasteiger partial charge in [-0.05, 0) is 54.6 Å². The first-order chi connectivity index (χ1) is 15.5. The minimum absolute atomic E-state index is 0.0347. The highest BCUT2D eigenvalue weighted by Gasteiger charge is 2.42. The number of hydrogen-bond donors (Lipinski definition) is 2. The Balaban J connectivity index is 1.81. The van der Waals surface area contributed by atoms with Gasteiger partial charge in [-0.1, -0.05) is 66.2 Å². The van der Waals surface area contributed by atoms with Crippen LogP contribution in [0.4, 0.5) is 5.69 Å². The van der Waals surface area contributed by atoms with Crippen molar-refractivity contribution in [3.05, 3.63) is 120 Å². The van der Waals surface area contributed by atoms with E-state index in [4.69, 9.17) is 20.6 Å². The van der Waals surface area contributed by atoms with E-state index in [1.165, 1.54) is 6.07 Å². The van der Waals surface area contributed by atoms with Gasteiger partial charge in [0.25, 0.3) is 0 Å². The Kier molecular flexibility index (Phi) is 6.69. The Morgan fingerprint density at radius 2 is 1.22 bits per heavy atom. The van der Waals surface area contributed by atoms with E-state index < -0.39 is 13.4 Å². The first-order valence-electron chi connectivity index (χ1n) is 9.92. The average molecular weight is 466 g/mol. The van der Waals surface area contributed by atoms with E-state index in [9.17, 15) is 9.67 Å². The van der Waals surface area contributed by atoms with Gasteiger partial charge in [0.15, 0.2) is 5.78 Å². The number of aromatic hydroxyl groups is 1. The van der Waals surface area contributed by atoms with E-state index in [2.05, 4.69) is 5.32 Å². The molecule has 1 unspecified atom stereocenters. The Morgan fingerprint density at radius 3 is 1.75 bits per heavy atom. The summed E-state index contributed by atoms with van der Waals surface area (Å²) < 4.78 is 26.4. The molecule has 7 heteroatoms. The van der Waals surface area contributed by atoms with Crippen LogP contribution in [0.5, 0.6) is 17.2 Å². The van der Waals surface area contributed by atoms with Gasteiger partial charge in [-0.2, -0.15) is 0 Å². The Hall–Kier alpha value is -3.40. The summed E-state index contributed by atoms with van der Waals surface area (Å²) >= 11 is 6.02. The number of hydrogen-bond acceptors (Lipinski definition) is 5. The maximum Gasteiger partial charge on any atom is 0.457 e. The zero-order chi connectivity index (χ0) is 22.4. The summed E-state index contributed by atoms with van der Waals surface area (Å²) in [6, 6.07) is 31.2. The number of nitrogens with one attached hydrogen (secondary N) is 1. The molecule has 4 rings (SSSR count). The van der Waals surface area contributed by atoms with Crippen LogP contribution in [0.1, 0.15) is 11.3 Å². The third kappa shape index (κ3) is 5.25. The van der Waals surface area contributed by atoms with Gasteiger partial charge < -0.3 is 19.5 Å². The summed E-state index contributed by atoms with van der Waals surface area (Å²) in [5.41, 5.74) is 1.01. The van der Waals surface area contributed by atoms with Crippen molar-refractivity contribution < 1.29 is 18.7 Å². The maximum absolute atomic E-state index is 14.4. The second-order valence-electron chi connectivity index (χ2n) is 6.96. The molecule has 0 heterocycles. The fraction of sp³-hybridized carbons (Fsp3) is 0.0400. The van der Waals surface area contributed by atoms with Crippen LogP contribution in [-0.2, 0) is 4.57 Å². The van der Waals surface area contributed by atoms with E-state index in [0.29, 0.717) is 27.8 Å². The lowest BCUT2D eigenvalue weighted by molar-refractivity contribution is 0.374. The zero-order valence-corrected chi connectivity index (χ0v) is 18.6. The third-order valence-electron chi connectivity index (χ3n) is 4.65. The predicted octanol–water partition coefficient (Wildman–Crippen LogP) is 7.51. The van der Waals surface area contributed by atoms with Crippen molar-refractivity contribution in [1.82, 2.24) is 0 Å². The highest BCUT2D eigenvalue weighted by atomic mass is 35.5. The highest BCUT2D eigenvalue weighted by Crippen LogP contribution is 2.61. The first kappa shape index (κ1) is 21.8. The quantitative estimate of drug-likeness (QED) is 0.263. The molecule has 32 heavy (non-hydrogen) atoms. The number of para-hydroxylation sites is 3. The summed E-state index contributed by atoms with van der Waals surface area (Å²) in [5, 5.41) is 14.4. The van der Waals surface area contributed by atoms with Gasteiger partial charge in [-0.3, -0.25) is 0 Å². The summed E-state index contributed by atoms with van der Waals surface area (Å²) in [6.07, 6.45) is 0. The monoisotopic (exact) mass is 465 g/mol. The lowest BCUT2D eigenvalue weighted by Crippen LogP contribution is -2.18. The molecule has 0 saturated heterocycles. The Morgan fingerprint density at radius 1 is 0.719 bits per heavy atom. The summed E-state index contributed by atoms with van der Waals surface area (Å²) in [4.78, 5) is 0. The van der Waals surface area contributed by atoms with E-state index >= 15 is 0 Å². The van der Waals surface area contributed by atoms with Crippen LogP contribution in [0.25, 0.3) is 0 Å². The fourth-order valence-electron chi connectivity index (χ4n) is 3.13. The zero-order valence-electron chi connectivity index (χ0n) is 17.0. The van der Waals surface area contributed by atoms with Gasteiger partial charge in [-0.15, -0.1) is 0 Å². The van der Waals surface area contributed by atoms with Gasteiger partial charge in [0.2, 0.25) is 0 Å². The van der Waals surface area contributed by atoms with Gasteiger partial charge in [0, 0.05) is 16.3 Å². The number of phenols is 1. The third-order valence-corrected chi connectivity index (χ3v) is 6.87. The SMILES string of the molecule is O=P(Oc1ccccc1)(Oc1ccccc1)C(Nc1ccc(Cl)cc1)c1ccccc1O. The van der Waals surface area contributed by atoms with Crippen LogP contribution in [0, 0.1) is 0 Å². The molecule has 0 aliphatic carbocycles. The minimum atomic E-state index is -4.00. The molecule has 2 N–H and O–H groups in total. The molecule has 1 atom stereocenters. The maximum atomic E-state index is 14.4. The van der Waals surface area contributed by atoms with Crippen molar-refractivity contribution in [2.45, 2.75) is 5.78 Å². The van der Waals surface area contributed by atoms with Crippen molar-refractivity contribution in [3.8, 4) is 17.2 Å². The van der Waals surface area contributed by atoms with Crippen LogP contribution >= 0.6 is 19.2 Å². The van der Waals surface area contributed by atoms with Crippen molar-refractivity contribution in [2.75, 3.05) is 5.32 Å². The fourth-order valence-corrected chi connectivity index (χ4v) is 5.20. The van der Waals surface area contributed by atoms with E-state index in [1.807, 2.05) is 12.1 Å². The molecule has 162 valence electrons. The van der Waals surface area contributed by atoms with Gasteiger partial charge in [-0.25, -0.2) is 4.57 Å². The number of rotatable bonds is 8. The molecular weight excluding hydrogens is 445 g/mol. The smallest absolute Gasteiger partial charge is 0.457 e. The minimum Gasteiger partial charge on any atom is -0.508 e. The lowest BCUT2D eigenvalue weighted by Gasteiger charge is -2.29. The van der Waals surface area contributed by atoms with E-state index in [0.717, 1.165) is 0 Å². The van der Waals surface area contributed by atoms with Crippen molar-refractivity contribution in [2.24, 2.45) is 0 Å². The summed E-state index contributed by atoms with van der Waals surface area (Å²) in [7, 11) is -4.00. The van der Waals surface area contributed by atoms with Crippen LogP contribution in [0.3, 0.4) is 0 Å². The molecule has 0 aromatic heterocycles. The Bertz CT molecular complexity index is 1160. The standard InChI is InChI=1S/C25H21ClNO4P/c26-19-15-17-20(18-16-19)27-25(23-13-7-8-14-24(23)28)32(29,30-21-9-3-1-4-10-21)31-22-11-5-2-6-12-22/h1-18,25,27-28H. The van der Waals surface area contributed by atoms with Crippen molar-refractivity contribution in [1.29, 1.82) is 0 Å². The first-order valence-corrected chi connectivity index (χ1v) is 11.9. The van der Waals surface area contributed by atoms with Crippen LogP contribution in [0.2, 0.25) is 5.02 Å². The molecule has 4 aromatic carbocycles. The average Bonchev–Trinajstić information content (AvgIpc) is 2.80. The van der Waals surface area contributed by atoms with Crippen LogP contribution in [-0.4, -0.2) is 5.11 Å². The molecule has 4 aromatic rings. The van der Waals surface area contributed by atoms with Crippen LogP contribution in [0.15, 0.2) is 109 Å². The van der Waals surface area contributed by atoms with Gasteiger partial charge in [0.1, 0.15) is 17.2 Å². The number of halogens is 1. The number of benzene rings is 4. The second kappa shape index (κ2) is 9.82. The Labute approximate surface area is 191 Å². The number of anilines is 1. The molecule has 5 nitrogen and oxygen atoms in total. The molecule has 0 saturated carbocycles. The molecule has 0 amide bonds. The van der Waals surface area contributed by atoms with Gasteiger partial charge in [0.05, 0.1) is 0 Å². The lowest BCUT2D eigenvalue weighted by atomic mass is 10.2. The summed E-state index contributed by atoms with van der Waals surface area (Å²) in [6.45, 7) is 0. The molecule has 0 bridgehead atoms. The molecule has 0 radical (unpaired) electrons. The normalized spacial score (nSPS) is 12.0. The largest absolute Gasteiger partial charge is 0.508 e. The highest BCUT2D eigenvalue weighted by molar-refractivity contribution is 7.55. The molecule has 0 aliphatic rings. The van der Waals surface area contributed by atoms with Gasteiger partial charge >= 0.3 is 7.60 Å².